The Morgan fingerprint density at radius 3 is 2.49 bits per heavy atom. The summed E-state index contributed by atoms with van der Waals surface area (Å²) in [5, 5.41) is 5.78. The maximum Gasteiger partial charge on any atom is 0.419 e. The van der Waals surface area contributed by atoms with Crippen LogP contribution in [0.5, 0.6) is 0 Å². The van der Waals surface area contributed by atoms with Crippen molar-refractivity contribution in [3.63, 3.8) is 0 Å². The molecule has 2 N–H and O–H groups in total. The van der Waals surface area contributed by atoms with Crippen LogP contribution >= 0.6 is 0 Å². The van der Waals surface area contributed by atoms with E-state index in [1.165, 1.54) is 0 Å². The molecule has 2 aromatic rings. The van der Waals surface area contributed by atoms with Crippen molar-refractivity contribution < 1.29 is 27.5 Å². The van der Waals surface area contributed by atoms with E-state index < -0.39 is 11.7 Å². The molecule has 2 atom stereocenters. The van der Waals surface area contributed by atoms with Crippen LogP contribution in [0.4, 0.5) is 24.8 Å². The van der Waals surface area contributed by atoms with Gasteiger partial charge < -0.3 is 25.2 Å². The predicted molar refractivity (Wildman–Crippen MR) is 149 cm³/mol. The van der Waals surface area contributed by atoms with Crippen LogP contribution in [0.25, 0.3) is 0 Å². The molecule has 1 saturated carbocycles. The fraction of sp³-hybridized carbons (Fsp3) is 0.586. The lowest BCUT2D eigenvalue weighted by Gasteiger charge is -2.35. The highest BCUT2D eigenvalue weighted by Gasteiger charge is 2.37. The molecule has 0 radical (unpaired) electrons. The predicted octanol–water partition coefficient (Wildman–Crippen LogP) is 4.13. The summed E-state index contributed by atoms with van der Waals surface area (Å²) in [5.41, 5.74) is 0.136. The number of ether oxygens (including phenoxy) is 1. The van der Waals surface area contributed by atoms with Gasteiger partial charge in [-0.25, -0.2) is 9.97 Å². The molecule has 0 unspecified atom stereocenters. The molecule has 41 heavy (non-hydrogen) atoms. The molecule has 224 valence electrons. The summed E-state index contributed by atoms with van der Waals surface area (Å²) >= 11 is 0. The van der Waals surface area contributed by atoms with Gasteiger partial charge in [-0.3, -0.25) is 9.59 Å². The molecule has 9 nitrogen and oxygen atoms in total. The molecule has 1 aliphatic heterocycles. The first-order valence-corrected chi connectivity index (χ1v) is 14.1. The van der Waals surface area contributed by atoms with E-state index in [4.69, 9.17) is 4.74 Å². The Kier molecular flexibility index (Phi) is 10.2. The van der Waals surface area contributed by atoms with Crippen molar-refractivity contribution in [2.75, 3.05) is 52.8 Å². The number of hydrogen-bond donors (Lipinski definition) is 2. The topological polar surface area (TPSA) is 99.7 Å². The summed E-state index contributed by atoms with van der Waals surface area (Å²) in [6.45, 7) is 2.71. The van der Waals surface area contributed by atoms with Crippen molar-refractivity contribution in [1.29, 1.82) is 0 Å². The van der Waals surface area contributed by atoms with Crippen molar-refractivity contribution in [2.24, 2.45) is 11.8 Å². The van der Waals surface area contributed by atoms with Crippen molar-refractivity contribution >= 4 is 23.5 Å². The van der Waals surface area contributed by atoms with Crippen LogP contribution in [-0.4, -0.2) is 85.1 Å². The Labute approximate surface area is 238 Å². The van der Waals surface area contributed by atoms with Gasteiger partial charge in [0.1, 0.15) is 0 Å². The van der Waals surface area contributed by atoms with Crippen molar-refractivity contribution in [3.05, 3.63) is 47.3 Å². The number of halogens is 3. The maximum absolute atomic E-state index is 13.8. The van der Waals surface area contributed by atoms with Gasteiger partial charge in [-0.1, -0.05) is 0 Å². The van der Waals surface area contributed by atoms with E-state index in [2.05, 4.69) is 32.5 Å². The fourth-order valence-corrected chi connectivity index (χ4v) is 5.64. The zero-order valence-corrected chi connectivity index (χ0v) is 23.8. The monoisotopic (exact) mass is 576 g/mol. The third-order valence-corrected chi connectivity index (χ3v) is 8.12. The van der Waals surface area contributed by atoms with Gasteiger partial charge in [-0.2, -0.15) is 13.2 Å². The molecule has 1 aromatic heterocycles. The van der Waals surface area contributed by atoms with E-state index >= 15 is 0 Å². The molecule has 0 bridgehead atoms. The van der Waals surface area contributed by atoms with Gasteiger partial charge in [-0.15, -0.1) is 0 Å². The second kappa shape index (κ2) is 13.6. The number of nitrogens with one attached hydrogen (secondary N) is 2. The van der Waals surface area contributed by atoms with Crippen LogP contribution in [0.3, 0.4) is 0 Å². The van der Waals surface area contributed by atoms with Crippen molar-refractivity contribution in [2.45, 2.75) is 50.7 Å². The Morgan fingerprint density at radius 2 is 1.83 bits per heavy atom. The zero-order chi connectivity index (χ0) is 29.6. The summed E-state index contributed by atoms with van der Waals surface area (Å²) in [5.74, 6) is -0.442. The third-order valence-electron chi connectivity index (χ3n) is 8.12. The van der Waals surface area contributed by atoms with Gasteiger partial charge in [-0.05, 0) is 88.8 Å². The lowest BCUT2D eigenvalue weighted by Crippen LogP contribution is -2.44. The van der Waals surface area contributed by atoms with Crippen LogP contribution in [0, 0.1) is 11.8 Å². The molecule has 2 fully saturated rings. The number of hydrogen-bond acceptors (Lipinski definition) is 7. The van der Waals surface area contributed by atoms with Crippen LogP contribution in [-0.2, 0) is 22.1 Å². The number of likely N-dealkylation sites (tertiary alicyclic amines) is 1. The molecule has 2 heterocycles. The number of nitrogens with zero attached hydrogens (tertiary/aromatic N) is 4. The van der Waals surface area contributed by atoms with E-state index in [9.17, 15) is 22.8 Å². The standard InChI is InChI=1S/C29H39F3N6O3/c1-37-13-10-23(11-14-37)38(2)27(40)20-6-8-22(9-7-20)35-28-34-18-24(29(30,31)32)25(36-28)17-19-4-5-21(16-19)26(39)33-12-15-41-3/h6-9,18-19,21,23H,4-5,10-17H2,1-3H3,(H,33,39)(H,34,35,36)/t19-,21+/m1/s1. The largest absolute Gasteiger partial charge is 0.419 e. The van der Waals surface area contributed by atoms with Gasteiger partial charge in [0.2, 0.25) is 11.9 Å². The fourth-order valence-electron chi connectivity index (χ4n) is 5.64. The highest BCUT2D eigenvalue weighted by atomic mass is 19.4. The lowest BCUT2D eigenvalue weighted by atomic mass is 9.97. The third kappa shape index (κ3) is 8.16. The van der Waals surface area contributed by atoms with Gasteiger partial charge >= 0.3 is 6.18 Å². The Hall–Kier alpha value is -3.25. The number of aromatic nitrogens is 2. The molecular formula is C29H39F3N6O3. The zero-order valence-electron chi connectivity index (χ0n) is 23.8. The van der Waals surface area contributed by atoms with Crippen LogP contribution in [0.15, 0.2) is 30.5 Å². The number of rotatable bonds is 10. The molecule has 12 heteroatoms. The summed E-state index contributed by atoms with van der Waals surface area (Å²) in [6, 6.07) is 6.96. The minimum atomic E-state index is -4.59. The number of benzene rings is 1. The number of alkyl halides is 3. The van der Waals surface area contributed by atoms with E-state index in [1.54, 1.807) is 36.3 Å². The smallest absolute Gasteiger partial charge is 0.383 e. The minimum absolute atomic E-state index is 0.0439. The van der Waals surface area contributed by atoms with E-state index in [0.29, 0.717) is 43.7 Å². The Balaban J connectivity index is 1.40. The highest BCUT2D eigenvalue weighted by Crippen LogP contribution is 2.37. The van der Waals surface area contributed by atoms with Crippen LogP contribution in [0.2, 0.25) is 0 Å². The lowest BCUT2D eigenvalue weighted by molar-refractivity contribution is -0.138. The van der Waals surface area contributed by atoms with Gasteiger partial charge in [0.25, 0.3) is 5.91 Å². The van der Waals surface area contributed by atoms with E-state index in [1.807, 2.05) is 7.05 Å². The average Bonchev–Trinajstić information content (AvgIpc) is 3.41. The number of anilines is 2. The van der Waals surface area contributed by atoms with Crippen molar-refractivity contribution in [1.82, 2.24) is 25.1 Å². The quantitative estimate of drug-likeness (QED) is 0.411. The maximum atomic E-state index is 13.8. The van der Waals surface area contributed by atoms with E-state index in [-0.39, 0.29) is 47.8 Å². The molecule has 0 spiro atoms. The first-order valence-electron chi connectivity index (χ1n) is 14.1. The molecule has 2 amide bonds. The van der Waals surface area contributed by atoms with Crippen molar-refractivity contribution in [3.8, 4) is 0 Å². The molecule has 1 aromatic carbocycles. The normalized spacial score (nSPS) is 20.1. The van der Waals surface area contributed by atoms with Crippen LogP contribution < -0.4 is 10.6 Å². The number of carbonyl (C=O) groups is 2. The highest BCUT2D eigenvalue weighted by molar-refractivity contribution is 5.94. The average molecular weight is 577 g/mol. The Morgan fingerprint density at radius 1 is 1.12 bits per heavy atom. The molecule has 4 rings (SSSR count). The summed E-state index contributed by atoms with van der Waals surface area (Å²) < 4.78 is 46.3. The SMILES string of the molecule is COCCNC(=O)[C@H]1CC[C@@H](Cc2nc(Nc3ccc(C(=O)N(C)C4CCN(C)CC4)cc3)ncc2C(F)(F)F)C1. The first kappa shape index (κ1) is 30.7. The number of carbonyl (C=O) groups excluding carboxylic acids is 2. The second-order valence-corrected chi connectivity index (χ2v) is 11.1. The van der Waals surface area contributed by atoms with Crippen LogP contribution in [0.1, 0.15) is 53.7 Å². The first-order chi connectivity index (χ1) is 19.5. The van der Waals surface area contributed by atoms with Gasteiger partial charge in [0.15, 0.2) is 0 Å². The molecule has 2 aliphatic rings. The van der Waals surface area contributed by atoms with Gasteiger partial charge in [0, 0.05) is 50.1 Å². The number of methoxy groups -OCH3 is 1. The molecule has 1 saturated heterocycles. The Bertz CT molecular complexity index is 1190. The van der Waals surface area contributed by atoms with E-state index in [0.717, 1.165) is 32.1 Å². The van der Waals surface area contributed by atoms with Gasteiger partial charge in [0.05, 0.1) is 17.9 Å². The number of amides is 2. The summed E-state index contributed by atoms with van der Waals surface area (Å²) in [6.07, 6.45) is -0.0552. The summed E-state index contributed by atoms with van der Waals surface area (Å²) in [4.78, 5) is 37.6. The minimum Gasteiger partial charge on any atom is -0.383 e. The number of piperidine rings is 1. The molecule has 1 aliphatic carbocycles. The summed E-state index contributed by atoms with van der Waals surface area (Å²) in [7, 11) is 5.44. The second-order valence-electron chi connectivity index (χ2n) is 11.1. The molecular weight excluding hydrogens is 537 g/mol.